The second kappa shape index (κ2) is 3.98. The number of likely N-dealkylation sites (N-methyl/N-ethyl adjacent to an activating group) is 1. The molecule has 2 rings (SSSR count). The van der Waals surface area contributed by atoms with Gasteiger partial charge in [0.15, 0.2) is 0 Å². The van der Waals surface area contributed by atoms with Crippen LogP contribution < -0.4 is 10.6 Å². The van der Waals surface area contributed by atoms with Gasteiger partial charge in [0, 0.05) is 31.2 Å². The van der Waals surface area contributed by atoms with Crippen LogP contribution in [0.1, 0.15) is 12.5 Å². The first kappa shape index (κ1) is 10.7. The molecule has 4 nitrogen and oxygen atoms in total. The number of nitrogen functional groups attached to an aromatic ring is 1. The lowest BCUT2D eigenvalue weighted by atomic mass is 10.2. The molecule has 1 saturated heterocycles. The summed E-state index contributed by atoms with van der Waals surface area (Å²) in [7, 11) is 2.17. The molecule has 1 aromatic rings. The van der Waals surface area contributed by atoms with E-state index >= 15 is 0 Å². The monoisotopic (exact) mass is 226 g/mol. The fraction of sp³-hybridized carbons (Fsp3) is 0.700. The fourth-order valence-electron chi connectivity index (χ4n) is 2.05. The minimum Gasteiger partial charge on any atom is -0.383 e. The second-order valence-corrected chi connectivity index (χ2v) is 5.05. The Balaban J connectivity index is 2.20. The molecule has 1 aliphatic rings. The molecule has 84 valence electrons. The van der Waals surface area contributed by atoms with Gasteiger partial charge in [-0.1, -0.05) is 0 Å². The summed E-state index contributed by atoms with van der Waals surface area (Å²) in [6, 6.07) is 0.544. The highest BCUT2D eigenvalue weighted by atomic mass is 32.1. The molecular weight excluding hydrogens is 208 g/mol. The number of piperazine rings is 1. The standard InChI is InChI=1S/C10H18N4S/c1-7-6-13(3)4-5-14(7)10-8(2)9(11)12-15-10/h7H,4-6H2,1-3H3,(H2,11,12). The van der Waals surface area contributed by atoms with Gasteiger partial charge in [-0.25, -0.2) is 0 Å². The second-order valence-electron chi connectivity index (χ2n) is 4.30. The van der Waals surface area contributed by atoms with E-state index in [4.69, 9.17) is 5.73 Å². The van der Waals surface area contributed by atoms with Crippen molar-refractivity contribution in [3.63, 3.8) is 0 Å². The summed E-state index contributed by atoms with van der Waals surface area (Å²) in [6.07, 6.45) is 0. The predicted octanol–water partition coefficient (Wildman–Crippen LogP) is 1.17. The van der Waals surface area contributed by atoms with Gasteiger partial charge in [-0.3, -0.25) is 0 Å². The minimum atomic E-state index is 0.544. The zero-order valence-electron chi connectivity index (χ0n) is 9.53. The third kappa shape index (κ3) is 1.94. The number of hydrogen-bond donors (Lipinski definition) is 1. The summed E-state index contributed by atoms with van der Waals surface area (Å²) in [6.45, 7) is 7.60. The molecule has 2 heterocycles. The van der Waals surface area contributed by atoms with E-state index in [2.05, 4.69) is 35.1 Å². The van der Waals surface area contributed by atoms with Crippen molar-refractivity contribution in [1.29, 1.82) is 0 Å². The Kier molecular flexibility index (Phi) is 2.84. The lowest BCUT2D eigenvalue weighted by Crippen LogP contribution is -2.50. The molecule has 0 aromatic carbocycles. The van der Waals surface area contributed by atoms with Crippen LogP contribution in [0.2, 0.25) is 0 Å². The summed E-state index contributed by atoms with van der Waals surface area (Å²) in [5.41, 5.74) is 6.92. The minimum absolute atomic E-state index is 0.544. The van der Waals surface area contributed by atoms with Gasteiger partial charge in [0.25, 0.3) is 0 Å². The Labute approximate surface area is 94.8 Å². The van der Waals surface area contributed by atoms with Crippen molar-refractivity contribution >= 4 is 22.4 Å². The lowest BCUT2D eigenvalue weighted by Gasteiger charge is -2.39. The molecule has 0 spiro atoms. The molecule has 1 aliphatic heterocycles. The molecule has 1 aromatic heterocycles. The van der Waals surface area contributed by atoms with Crippen LogP contribution in [-0.4, -0.2) is 42.0 Å². The predicted molar refractivity (Wildman–Crippen MR) is 65.6 cm³/mol. The van der Waals surface area contributed by atoms with Crippen molar-refractivity contribution in [2.24, 2.45) is 0 Å². The van der Waals surface area contributed by atoms with E-state index in [1.807, 2.05) is 0 Å². The molecular formula is C10H18N4S. The Hall–Kier alpha value is -0.810. The molecule has 0 saturated carbocycles. The van der Waals surface area contributed by atoms with Gasteiger partial charge in [-0.05, 0) is 32.4 Å². The van der Waals surface area contributed by atoms with Crippen molar-refractivity contribution in [2.45, 2.75) is 19.9 Å². The van der Waals surface area contributed by atoms with E-state index in [1.165, 1.54) is 16.5 Å². The van der Waals surface area contributed by atoms with E-state index in [0.717, 1.165) is 25.2 Å². The molecule has 1 atom stereocenters. The maximum Gasteiger partial charge on any atom is 0.142 e. The van der Waals surface area contributed by atoms with Crippen molar-refractivity contribution in [2.75, 3.05) is 37.3 Å². The highest BCUT2D eigenvalue weighted by Gasteiger charge is 2.24. The Morgan fingerprint density at radius 1 is 1.47 bits per heavy atom. The summed E-state index contributed by atoms with van der Waals surface area (Å²) < 4.78 is 4.21. The summed E-state index contributed by atoms with van der Waals surface area (Å²) in [5, 5.41) is 1.24. The molecule has 15 heavy (non-hydrogen) atoms. The van der Waals surface area contributed by atoms with Crippen LogP contribution in [0.15, 0.2) is 0 Å². The van der Waals surface area contributed by atoms with Gasteiger partial charge in [0.1, 0.15) is 10.8 Å². The topological polar surface area (TPSA) is 45.4 Å². The first-order valence-corrected chi connectivity index (χ1v) is 6.04. The van der Waals surface area contributed by atoms with E-state index in [0.29, 0.717) is 11.9 Å². The first-order chi connectivity index (χ1) is 7.09. The average molecular weight is 226 g/mol. The Morgan fingerprint density at radius 2 is 2.20 bits per heavy atom. The van der Waals surface area contributed by atoms with Crippen LogP contribution in [-0.2, 0) is 0 Å². The molecule has 2 N–H and O–H groups in total. The van der Waals surface area contributed by atoms with E-state index in [1.54, 1.807) is 0 Å². The van der Waals surface area contributed by atoms with E-state index < -0.39 is 0 Å². The molecule has 0 amide bonds. The van der Waals surface area contributed by atoms with Gasteiger partial charge < -0.3 is 15.5 Å². The number of anilines is 2. The van der Waals surface area contributed by atoms with Crippen molar-refractivity contribution < 1.29 is 0 Å². The summed E-state index contributed by atoms with van der Waals surface area (Å²) in [4.78, 5) is 4.78. The Bertz CT molecular complexity index is 349. The normalized spacial score (nSPS) is 23.4. The van der Waals surface area contributed by atoms with Crippen molar-refractivity contribution in [1.82, 2.24) is 9.27 Å². The summed E-state index contributed by atoms with van der Waals surface area (Å²) >= 11 is 1.52. The maximum absolute atomic E-state index is 5.78. The van der Waals surface area contributed by atoms with Gasteiger partial charge in [-0.15, -0.1) is 0 Å². The third-order valence-electron chi connectivity index (χ3n) is 3.03. The zero-order chi connectivity index (χ0) is 11.0. The SMILES string of the molecule is Cc1c(N)nsc1N1CCN(C)CC1C. The van der Waals surface area contributed by atoms with Crippen molar-refractivity contribution in [3.8, 4) is 0 Å². The number of hydrogen-bond acceptors (Lipinski definition) is 5. The quantitative estimate of drug-likeness (QED) is 0.781. The van der Waals surface area contributed by atoms with Gasteiger partial charge in [0.05, 0.1) is 0 Å². The number of nitrogens with zero attached hydrogens (tertiary/aromatic N) is 3. The number of aromatic nitrogens is 1. The van der Waals surface area contributed by atoms with Crippen LogP contribution in [0.5, 0.6) is 0 Å². The first-order valence-electron chi connectivity index (χ1n) is 5.26. The van der Waals surface area contributed by atoms with Crippen LogP contribution in [0.3, 0.4) is 0 Å². The van der Waals surface area contributed by atoms with Crippen LogP contribution in [0.25, 0.3) is 0 Å². The van der Waals surface area contributed by atoms with E-state index in [-0.39, 0.29) is 0 Å². The number of rotatable bonds is 1. The van der Waals surface area contributed by atoms with E-state index in [9.17, 15) is 0 Å². The van der Waals surface area contributed by atoms with Gasteiger partial charge in [0.2, 0.25) is 0 Å². The number of nitrogens with two attached hydrogens (primary N) is 1. The average Bonchev–Trinajstić information content (AvgIpc) is 2.49. The molecule has 0 aliphatic carbocycles. The maximum atomic E-state index is 5.78. The molecule has 0 radical (unpaired) electrons. The molecule has 1 fully saturated rings. The van der Waals surface area contributed by atoms with Crippen LogP contribution in [0, 0.1) is 6.92 Å². The zero-order valence-corrected chi connectivity index (χ0v) is 10.3. The largest absolute Gasteiger partial charge is 0.383 e. The molecule has 1 unspecified atom stereocenters. The fourth-order valence-corrected chi connectivity index (χ4v) is 2.99. The highest BCUT2D eigenvalue weighted by Crippen LogP contribution is 2.31. The highest BCUT2D eigenvalue weighted by molar-refractivity contribution is 7.10. The summed E-state index contributed by atoms with van der Waals surface area (Å²) in [5.74, 6) is 0.682. The van der Waals surface area contributed by atoms with Gasteiger partial charge in [-0.2, -0.15) is 4.37 Å². The molecule has 5 heteroatoms. The van der Waals surface area contributed by atoms with Gasteiger partial charge >= 0.3 is 0 Å². The Morgan fingerprint density at radius 3 is 2.73 bits per heavy atom. The van der Waals surface area contributed by atoms with Crippen molar-refractivity contribution in [3.05, 3.63) is 5.56 Å². The lowest BCUT2D eigenvalue weighted by molar-refractivity contribution is 0.276. The smallest absolute Gasteiger partial charge is 0.142 e. The molecule has 0 bridgehead atoms. The van der Waals surface area contributed by atoms with Crippen LogP contribution in [0.4, 0.5) is 10.8 Å². The van der Waals surface area contributed by atoms with Crippen LogP contribution >= 0.6 is 11.5 Å². The third-order valence-corrected chi connectivity index (χ3v) is 4.03.